The van der Waals surface area contributed by atoms with Gasteiger partial charge in [-0.2, -0.15) is 0 Å². The quantitative estimate of drug-likeness (QED) is 0.840. The van der Waals surface area contributed by atoms with Gasteiger partial charge in [0.05, 0.1) is 12.1 Å². The van der Waals surface area contributed by atoms with Crippen LogP contribution in [0.1, 0.15) is 29.7 Å². The van der Waals surface area contributed by atoms with Gasteiger partial charge in [-0.3, -0.25) is 0 Å². The predicted octanol–water partition coefficient (Wildman–Crippen LogP) is 4.63. The van der Waals surface area contributed by atoms with E-state index in [1.165, 1.54) is 0 Å². The summed E-state index contributed by atoms with van der Waals surface area (Å²) in [6.07, 6.45) is 0.614. The maximum atomic E-state index is 6.28. The Morgan fingerprint density at radius 3 is 2.81 bits per heavy atom. The van der Waals surface area contributed by atoms with Gasteiger partial charge in [-0.15, -0.1) is 0 Å². The predicted molar refractivity (Wildman–Crippen MR) is 87.1 cm³/mol. The number of ether oxygens (including phenoxy) is 2. The summed E-state index contributed by atoms with van der Waals surface area (Å²) in [4.78, 5) is 0. The molecule has 2 N–H and O–H groups in total. The van der Waals surface area contributed by atoms with Gasteiger partial charge in [0.2, 0.25) is 0 Å². The van der Waals surface area contributed by atoms with E-state index in [0.717, 1.165) is 21.3 Å². The molecule has 21 heavy (non-hydrogen) atoms. The first-order chi connectivity index (χ1) is 10.1. The van der Waals surface area contributed by atoms with Crippen LogP contribution in [0.3, 0.4) is 0 Å². The van der Waals surface area contributed by atoms with Gasteiger partial charge in [-0.05, 0) is 35.9 Å². The second-order valence-electron chi connectivity index (χ2n) is 5.02. The second-order valence-corrected chi connectivity index (χ2v) is 6.35. The molecule has 2 aromatic rings. The standard InChI is InChI=1S/C16H15BrClNO2/c1-20-15-4-2-9(6-12(15)18)16-8-13(19)11-7-10(17)3-5-14(11)21-16/h2-7,13,16H,8,19H2,1H3/t13-,16?/m1/s1. The smallest absolute Gasteiger partial charge is 0.137 e. The van der Waals surface area contributed by atoms with Crippen molar-refractivity contribution in [2.24, 2.45) is 5.73 Å². The van der Waals surface area contributed by atoms with Gasteiger partial charge in [0.15, 0.2) is 0 Å². The second kappa shape index (κ2) is 5.87. The molecule has 0 amide bonds. The largest absolute Gasteiger partial charge is 0.495 e. The van der Waals surface area contributed by atoms with Crippen molar-refractivity contribution in [1.29, 1.82) is 0 Å². The molecule has 0 fully saturated rings. The van der Waals surface area contributed by atoms with Crippen molar-refractivity contribution in [3.63, 3.8) is 0 Å². The maximum absolute atomic E-state index is 6.28. The average molecular weight is 369 g/mol. The lowest BCUT2D eigenvalue weighted by molar-refractivity contribution is 0.161. The fraction of sp³-hybridized carbons (Fsp3) is 0.250. The van der Waals surface area contributed by atoms with Crippen LogP contribution in [0.25, 0.3) is 0 Å². The van der Waals surface area contributed by atoms with Gasteiger partial charge >= 0.3 is 0 Å². The highest BCUT2D eigenvalue weighted by molar-refractivity contribution is 9.10. The Hall–Kier alpha value is -1.23. The van der Waals surface area contributed by atoms with Crippen LogP contribution >= 0.6 is 27.5 Å². The molecule has 1 heterocycles. The van der Waals surface area contributed by atoms with Crippen LogP contribution in [-0.4, -0.2) is 7.11 Å². The molecule has 0 aliphatic carbocycles. The summed E-state index contributed by atoms with van der Waals surface area (Å²) in [7, 11) is 1.60. The Kier molecular flexibility index (Phi) is 4.11. The number of hydrogen-bond donors (Lipinski definition) is 1. The summed E-state index contributed by atoms with van der Waals surface area (Å²) in [5.41, 5.74) is 8.31. The number of nitrogens with two attached hydrogens (primary N) is 1. The third-order valence-corrected chi connectivity index (χ3v) is 4.44. The zero-order valence-corrected chi connectivity index (χ0v) is 13.8. The zero-order valence-electron chi connectivity index (χ0n) is 11.5. The van der Waals surface area contributed by atoms with E-state index in [-0.39, 0.29) is 12.1 Å². The third-order valence-electron chi connectivity index (χ3n) is 3.66. The molecular weight excluding hydrogens is 354 g/mol. The first kappa shape index (κ1) is 14.7. The van der Waals surface area contributed by atoms with Crippen LogP contribution in [0.2, 0.25) is 5.02 Å². The number of methoxy groups -OCH3 is 1. The van der Waals surface area contributed by atoms with E-state index in [1.54, 1.807) is 7.11 Å². The van der Waals surface area contributed by atoms with E-state index >= 15 is 0 Å². The molecule has 5 heteroatoms. The van der Waals surface area contributed by atoms with Gasteiger partial charge < -0.3 is 15.2 Å². The van der Waals surface area contributed by atoms with Crippen molar-refractivity contribution in [3.8, 4) is 11.5 Å². The molecule has 1 aliphatic heterocycles. The highest BCUT2D eigenvalue weighted by Gasteiger charge is 2.27. The maximum Gasteiger partial charge on any atom is 0.137 e. The number of fused-ring (bicyclic) bond motifs is 1. The zero-order chi connectivity index (χ0) is 15.0. The lowest BCUT2D eigenvalue weighted by Crippen LogP contribution is -2.24. The fourth-order valence-electron chi connectivity index (χ4n) is 2.56. The van der Waals surface area contributed by atoms with Gasteiger partial charge in [0.1, 0.15) is 17.6 Å². The molecule has 0 radical (unpaired) electrons. The van der Waals surface area contributed by atoms with Crippen LogP contribution in [0.4, 0.5) is 0 Å². The van der Waals surface area contributed by atoms with Crippen molar-refractivity contribution in [2.75, 3.05) is 7.11 Å². The Morgan fingerprint density at radius 1 is 1.29 bits per heavy atom. The van der Waals surface area contributed by atoms with Crippen molar-refractivity contribution < 1.29 is 9.47 Å². The first-order valence-electron chi connectivity index (χ1n) is 6.63. The van der Waals surface area contributed by atoms with E-state index in [2.05, 4.69) is 15.9 Å². The molecular formula is C16H15BrClNO2. The summed E-state index contributed by atoms with van der Waals surface area (Å²) >= 11 is 9.65. The van der Waals surface area contributed by atoms with Gasteiger partial charge in [0.25, 0.3) is 0 Å². The first-order valence-corrected chi connectivity index (χ1v) is 7.80. The van der Waals surface area contributed by atoms with Gasteiger partial charge in [-0.1, -0.05) is 33.6 Å². The SMILES string of the molecule is COc1ccc(C2C[C@@H](N)c3cc(Br)ccc3O2)cc1Cl. The number of rotatable bonds is 2. The molecule has 2 aromatic carbocycles. The molecule has 0 saturated carbocycles. The number of hydrogen-bond acceptors (Lipinski definition) is 3. The topological polar surface area (TPSA) is 44.5 Å². The minimum absolute atomic E-state index is 0.0582. The molecule has 2 atom stereocenters. The molecule has 0 spiro atoms. The third kappa shape index (κ3) is 2.89. The van der Waals surface area contributed by atoms with Crippen molar-refractivity contribution in [2.45, 2.75) is 18.6 Å². The van der Waals surface area contributed by atoms with E-state index < -0.39 is 0 Å². The lowest BCUT2D eigenvalue weighted by Gasteiger charge is -2.31. The minimum Gasteiger partial charge on any atom is -0.495 e. The summed E-state index contributed by atoms with van der Waals surface area (Å²) in [5.74, 6) is 1.48. The highest BCUT2D eigenvalue weighted by atomic mass is 79.9. The summed E-state index contributed by atoms with van der Waals surface area (Å²) in [6, 6.07) is 11.5. The molecule has 3 nitrogen and oxygen atoms in total. The fourth-order valence-corrected chi connectivity index (χ4v) is 3.21. The Morgan fingerprint density at radius 2 is 2.10 bits per heavy atom. The minimum atomic E-state index is -0.0999. The van der Waals surface area contributed by atoms with Crippen LogP contribution in [0.5, 0.6) is 11.5 Å². The summed E-state index contributed by atoms with van der Waals surface area (Å²) in [6.45, 7) is 0. The van der Waals surface area contributed by atoms with Gasteiger partial charge in [-0.25, -0.2) is 0 Å². The Labute approximate surface area is 137 Å². The molecule has 3 rings (SSSR count). The number of halogens is 2. The van der Waals surface area contributed by atoms with Crippen molar-refractivity contribution in [1.82, 2.24) is 0 Å². The molecule has 110 valence electrons. The van der Waals surface area contributed by atoms with Crippen LogP contribution < -0.4 is 15.2 Å². The van der Waals surface area contributed by atoms with E-state index in [4.69, 9.17) is 26.8 Å². The molecule has 0 saturated heterocycles. The monoisotopic (exact) mass is 367 g/mol. The van der Waals surface area contributed by atoms with Crippen molar-refractivity contribution >= 4 is 27.5 Å². The van der Waals surface area contributed by atoms with E-state index in [1.807, 2.05) is 36.4 Å². The van der Waals surface area contributed by atoms with Crippen LogP contribution in [-0.2, 0) is 0 Å². The van der Waals surface area contributed by atoms with Crippen LogP contribution in [0, 0.1) is 0 Å². The highest BCUT2D eigenvalue weighted by Crippen LogP contribution is 2.41. The number of benzene rings is 2. The average Bonchev–Trinajstić information content (AvgIpc) is 2.47. The summed E-state index contributed by atoms with van der Waals surface area (Å²) in [5, 5.41) is 0.578. The normalized spacial score (nSPS) is 20.6. The molecule has 1 unspecified atom stereocenters. The van der Waals surface area contributed by atoms with Crippen LogP contribution in [0.15, 0.2) is 40.9 Å². The summed E-state index contributed by atoms with van der Waals surface area (Å²) < 4.78 is 12.3. The molecule has 0 bridgehead atoms. The Bertz CT molecular complexity index is 677. The van der Waals surface area contributed by atoms with Gasteiger partial charge in [0, 0.05) is 22.5 Å². The Balaban J connectivity index is 1.92. The van der Waals surface area contributed by atoms with E-state index in [9.17, 15) is 0 Å². The lowest BCUT2D eigenvalue weighted by atomic mass is 9.93. The molecule has 0 aromatic heterocycles. The van der Waals surface area contributed by atoms with Crippen molar-refractivity contribution in [3.05, 3.63) is 57.0 Å². The molecule has 1 aliphatic rings. The van der Waals surface area contributed by atoms with E-state index in [0.29, 0.717) is 17.2 Å².